The molecule has 1 aromatic rings. The molecule has 3 nitrogen and oxygen atoms in total. The second-order valence-corrected chi connectivity index (χ2v) is 7.08. The van der Waals surface area contributed by atoms with Crippen molar-refractivity contribution < 1.29 is 0 Å². The lowest BCUT2D eigenvalue weighted by atomic mass is 9.93. The largest absolute Gasteiger partial charge is 0.356 e. The Morgan fingerprint density at radius 2 is 1.95 bits per heavy atom. The van der Waals surface area contributed by atoms with Gasteiger partial charge in [0.25, 0.3) is 0 Å². The lowest BCUT2D eigenvalue weighted by molar-refractivity contribution is 0.370. The van der Waals surface area contributed by atoms with Crippen molar-refractivity contribution in [1.82, 2.24) is 10.2 Å². The molecule has 1 aromatic carbocycles. The fraction of sp³-hybridized carbons (Fsp3) is 0.611. The summed E-state index contributed by atoms with van der Waals surface area (Å²) in [5.41, 5.74) is 3.10. The van der Waals surface area contributed by atoms with E-state index in [4.69, 9.17) is 0 Å². The number of hydrogen-bond acceptors (Lipinski definition) is 1. The number of aliphatic imine (C=N–C) groups is 1. The summed E-state index contributed by atoms with van der Waals surface area (Å²) >= 11 is 0. The minimum absolute atomic E-state index is 0. The van der Waals surface area contributed by atoms with Gasteiger partial charge in [-0.2, -0.15) is 0 Å². The number of nitrogens with one attached hydrogen (secondary N) is 1. The van der Waals surface area contributed by atoms with Crippen LogP contribution in [0.2, 0.25) is 0 Å². The molecule has 1 aliphatic heterocycles. The summed E-state index contributed by atoms with van der Waals surface area (Å²) in [5, 5.41) is 3.54. The van der Waals surface area contributed by atoms with Crippen molar-refractivity contribution in [2.45, 2.75) is 40.0 Å². The Hall–Kier alpha value is -0.780. The lowest BCUT2D eigenvalue weighted by Gasteiger charge is -2.25. The molecule has 0 bridgehead atoms. The van der Waals surface area contributed by atoms with Gasteiger partial charge in [0.15, 0.2) is 5.96 Å². The summed E-state index contributed by atoms with van der Waals surface area (Å²) in [6.45, 7) is 12.2. The van der Waals surface area contributed by atoms with Crippen LogP contribution in [0, 0.1) is 12.3 Å². The maximum atomic E-state index is 4.45. The second kappa shape index (κ2) is 8.18. The first-order valence-electron chi connectivity index (χ1n) is 7.93. The quantitative estimate of drug-likeness (QED) is 0.459. The Morgan fingerprint density at radius 1 is 1.32 bits per heavy atom. The molecule has 22 heavy (non-hydrogen) atoms. The van der Waals surface area contributed by atoms with Gasteiger partial charge < -0.3 is 10.2 Å². The molecule has 1 unspecified atom stereocenters. The predicted octanol–water partition coefficient (Wildman–Crippen LogP) is 4.02. The van der Waals surface area contributed by atoms with Crippen molar-refractivity contribution in [3.63, 3.8) is 0 Å². The van der Waals surface area contributed by atoms with E-state index in [1.165, 1.54) is 17.5 Å². The summed E-state index contributed by atoms with van der Waals surface area (Å²) in [7, 11) is 1.88. The minimum Gasteiger partial charge on any atom is -0.356 e. The molecular formula is C18H30IN3. The molecule has 1 saturated heterocycles. The molecule has 124 valence electrons. The highest BCUT2D eigenvalue weighted by atomic mass is 127. The van der Waals surface area contributed by atoms with Crippen LogP contribution < -0.4 is 5.32 Å². The number of aryl methyl sites for hydroxylation is 1. The SMILES string of the molecule is CN=C(NCC(C)c1ccc(C)cc1)N1CCC(C)(C)C1.I. The van der Waals surface area contributed by atoms with Crippen LogP contribution in [-0.2, 0) is 0 Å². The van der Waals surface area contributed by atoms with Crippen molar-refractivity contribution >= 4 is 29.9 Å². The second-order valence-electron chi connectivity index (χ2n) is 7.08. The zero-order valence-electron chi connectivity index (χ0n) is 14.5. The molecule has 1 N–H and O–H groups in total. The Balaban J connectivity index is 0.00000242. The fourth-order valence-electron chi connectivity index (χ4n) is 2.88. The number of likely N-dealkylation sites (tertiary alicyclic amines) is 1. The van der Waals surface area contributed by atoms with Crippen LogP contribution in [0.4, 0.5) is 0 Å². The van der Waals surface area contributed by atoms with Crippen LogP contribution in [0.3, 0.4) is 0 Å². The van der Waals surface area contributed by atoms with E-state index in [1.807, 2.05) is 7.05 Å². The van der Waals surface area contributed by atoms with Gasteiger partial charge in [0.2, 0.25) is 0 Å². The lowest BCUT2D eigenvalue weighted by Crippen LogP contribution is -2.42. The molecule has 1 aliphatic rings. The van der Waals surface area contributed by atoms with Gasteiger partial charge >= 0.3 is 0 Å². The van der Waals surface area contributed by atoms with Crippen LogP contribution in [0.5, 0.6) is 0 Å². The highest BCUT2D eigenvalue weighted by Gasteiger charge is 2.30. The number of halogens is 1. The third-order valence-corrected chi connectivity index (χ3v) is 4.40. The molecular weight excluding hydrogens is 385 g/mol. The summed E-state index contributed by atoms with van der Waals surface area (Å²) < 4.78 is 0. The van der Waals surface area contributed by atoms with Gasteiger partial charge in [0, 0.05) is 26.7 Å². The molecule has 1 atom stereocenters. The highest BCUT2D eigenvalue weighted by Crippen LogP contribution is 2.28. The van der Waals surface area contributed by atoms with Gasteiger partial charge in [-0.3, -0.25) is 4.99 Å². The molecule has 0 aliphatic carbocycles. The van der Waals surface area contributed by atoms with Crippen molar-refractivity contribution in [2.75, 3.05) is 26.7 Å². The monoisotopic (exact) mass is 415 g/mol. The zero-order chi connectivity index (χ0) is 15.5. The first-order chi connectivity index (χ1) is 9.91. The van der Waals surface area contributed by atoms with Crippen molar-refractivity contribution in [1.29, 1.82) is 0 Å². The van der Waals surface area contributed by atoms with E-state index in [-0.39, 0.29) is 24.0 Å². The van der Waals surface area contributed by atoms with Gasteiger partial charge in [-0.05, 0) is 30.2 Å². The normalized spacial score (nSPS) is 18.8. The van der Waals surface area contributed by atoms with Crippen LogP contribution in [0.1, 0.15) is 44.2 Å². The van der Waals surface area contributed by atoms with E-state index in [9.17, 15) is 0 Å². The molecule has 4 heteroatoms. The fourth-order valence-corrected chi connectivity index (χ4v) is 2.88. The topological polar surface area (TPSA) is 27.6 Å². The average Bonchev–Trinajstić information content (AvgIpc) is 2.80. The van der Waals surface area contributed by atoms with Crippen molar-refractivity contribution in [3.05, 3.63) is 35.4 Å². The van der Waals surface area contributed by atoms with Gasteiger partial charge in [-0.15, -0.1) is 24.0 Å². The Kier molecular flexibility index (Phi) is 7.16. The third kappa shape index (κ3) is 5.14. The van der Waals surface area contributed by atoms with Gasteiger partial charge in [0.05, 0.1) is 0 Å². The van der Waals surface area contributed by atoms with Crippen LogP contribution in [-0.4, -0.2) is 37.5 Å². The Labute approximate surface area is 152 Å². The van der Waals surface area contributed by atoms with Crippen molar-refractivity contribution in [3.8, 4) is 0 Å². The number of nitrogens with zero attached hydrogens (tertiary/aromatic N) is 2. The van der Waals surface area contributed by atoms with Gasteiger partial charge in [-0.25, -0.2) is 0 Å². The average molecular weight is 415 g/mol. The molecule has 0 radical (unpaired) electrons. The summed E-state index contributed by atoms with van der Waals surface area (Å²) in [5.74, 6) is 1.53. The maximum Gasteiger partial charge on any atom is 0.193 e. The molecule has 0 aromatic heterocycles. The third-order valence-electron chi connectivity index (χ3n) is 4.40. The van der Waals surface area contributed by atoms with Crippen LogP contribution in [0.25, 0.3) is 0 Å². The molecule has 1 fully saturated rings. The predicted molar refractivity (Wildman–Crippen MR) is 106 cm³/mol. The minimum atomic E-state index is 0. The maximum absolute atomic E-state index is 4.45. The van der Waals surface area contributed by atoms with E-state index >= 15 is 0 Å². The smallest absolute Gasteiger partial charge is 0.193 e. The standard InChI is InChI=1S/C18H29N3.HI/c1-14-6-8-16(9-7-14)15(2)12-20-17(19-5)21-11-10-18(3,4)13-21;/h6-9,15H,10-13H2,1-5H3,(H,19,20);1H. The Bertz CT molecular complexity index is 494. The molecule has 0 amide bonds. The summed E-state index contributed by atoms with van der Waals surface area (Å²) in [6, 6.07) is 8.82. The molecule has 1 heterocycles. The number of rotatable bonds is 3. The first kappa shape index (κ1) is 19.3. The molecule has 0 saturated carbocycles. The summed E-state index contributed by atoms with van der Waals surface area (Å²) in [4.78, 5) is 6.82. The number of guanidine groups is 1. The van der Waals surface area contributed by atoms with Gasteiger partial charge in [-0.1, -0.05) is 50.6 Å². The van der Waals surface area contributed by atoms with Crippen LogP contribution in [0.15, 0.2) is 29.3 Å². The number of hydrogen-bond donors (Lipinski definition) is 1. The number of benzene rings is 1. The highest BCUT2D eigenvalue weighted by molar-refractivity contribution is 14.0. The van der Waals surface area contributed by atoms with E-state index in [2.05, 4.69) is 67.2 Å². The van der Waals surface area contributed by atoms with Crippen LogP contribution >= 0.6 is 24.0 Å². The van der Waals surface area contributed by atoms with E-state index in [1.54, 1.807) is 0 Å². The van der Waals surface area contributed by atoms with Gasteiger partial charge in [0.1, 0.15) is 0 Å². The van der Waals surface area contributed by atoms with Crippen molar-refractivity contribution in [2.24, 2.45) is 10.4 Å². The summed E-state index contributed by atoms with van der Waals surface area (Å²) in [6.07, 6.45) is 1.24. The zero-order valence-corrected chi connectivity index (χ0v) is 16.8. The Morgan fingerprint density at radius 3 is 2.45 bits per heavy atom. The first-order valence-corrected chi connectivity index (χ1v) is 7.93. The van der Waals surface area contributed by atoms with E-state index in [0.717, 1.165) is 25.6 Å². The molecule has 2 rings (SSSR count). The van der Waals surface area contributed by atoms with E-state index in [0.29, 0.717) is 11.3 Å². The molecule has 0 spiro atoms. The van der Waals surface area contributed by atoms with E-state index < -0.39 is 0 Å².